The first kappa shape index (κ1) is 134. The molecular weight excluding hydrogens is 2100 g/mol. The number of carbonyl (C=O) groups is 7. The summed E-state index contributed by atoms with van der Waals surface area (Å²) in [5, 5.41) is 60.6. The summed E-state index contributed by atoms with van der Waals surface area (Å²) >= 11 is 14.7. The summed E-state index contributed by atoms with van der Waals surface area (Å²) in [4.78, 5) is 107. The van der Waals surface area contributed by atoms with Gasteiger partial charge in [0.25, 0.3) is 5.69 Å². The monoisotopic (exact) mass is 2230 g/mol. The number of nitro groups is 1. The number of benzene rings is 2. The molecule has 5 radical (unpaired) electrons. The van der Waals surface area contributed by atoms with Crippen LogP contribution >= 0.6 is 59.4 Å². The molecule has 3 aromatic rings. The molecule has 0 bridgehead atoms. The standard InChI is InChI=1S/C24H35NO3.C19H32ClNO3.C18H23NO7.C17H27Br3O5.C14H16N2O3.5Cu/c1-3-4-5-6-7-8-9-10-11-12-13-17-20-28-24(27)22(25-2)23(26)21-18-15-14-16-19-21;1-3-4-5-6-7-8-9-10-11-12-13-14-15-24-19(23)18(21-2)17(22)16-20;1-3-5-11-25-17(21)15(18(22)26-12-6-4-2)16(20)13-7-9-14(10-8-13)19(23)24;1-3-5-7-9-11-24-15(22)13(14(21)17(18,19)20)16(23)25-12-10-8-6-4-2;1-3-4-5-10-19-14(18)12(15-2)13(17)11-6-8-16-9-7-11;;;;;/h14-16,18-19,26H,3-13,17,20H2,1H3;22H,3-16H2,1H3;7-10,20H,3-6,11-12H2,1-2H3;21H,3-12H2,1-2H3;6-9,17H,3-5,10H2,1H3;;;;;. The largest absolute Gasteiger partial charge is 0.522 e. The number of non-ortho nitro benzene ring substituents is 1. The number of alkyl halides is 4. The van der Waals surface area contributed by atoms with E-state index in [-0.39, 0.29) is 166 Å². The molecule has 0 unspecified atom stereocenters. The Kier molecular flexibility index (Phi) is 95.2. The maximum atomic E-state index is 12.2. The van der Waals surface area contributed by atoms with Crippen molar-refractivity contribution in [2.75, 3.05) is 52.1 Å². The topological polar surface area (TPSA) is 354 Å². The number of esters is 7. The average molecular weight is 2240 g/mol. The third kappa shape index (κ3) is 66.7. The minimum absolute atomic E-state index is 0. The van der Waals surface area contributed by atoms with Gasteiger partial charge in [0.1, 0.15) is 23.0 Å². The predicted molar refractivity (Wildman–Crippen MR) is 488 cm³/mol. The van der Waals surface area contributed by atoms with Crippen molar-refractivity contribution in [3.05, 3.63) is 180 Å². The fourth-order valence-corrected chi connectivity index (χ4v) is 11.6. The minimum atomic E-state index is -1.30. The van der Waals surface area contributed by atoms with Crippen LogP contribution in [0, 0.1) is 29.8 Å². The van der Waals surface area contributed by atoms with Crippen LogP contribution in [-0.2, 0) is 152 Å². The predicted octanol–water partition coefficient (Wildman–Crippen LogP) is 25.6. The summed E-state index contributed by atoms with van der Waals surface area (Å²) in [6.45, 7) is 36.9. The number of aliphatic hydroxyl groups excluding tert-OH is 5. The third-order valence-corrected chi connectivity index (χ3v) is 19.4. The molecule has 35 heteroatoms. The summed E-state index contributed by atoms with van der Waals surface area (Å²) in [5.74, 6) is -8.65. The third-order valence-electron chi connectivity index (χ3n) is 18.0. The van der Waals surface area contributed by atoms with E-state index in [4.69, 9.17) is 64.5 Å². The Bertz CT molecular complexity index is 3710. The van der Waals surface area contributed by atoms with Crippen LogP contribution in [0.25, 0.3) is 31.8 Å². The molecule has 127 heavy (non-hydrogen) atoms. The molecule has 0 aliphatic heterocycles. The number of hydrogen-bond donors (Lipinski definition) is 5. The number of unbranched alkanes of at least 4 members (excludes halogenated alkanes) is 32. The van der Waals surface area contributed by atoms with Crippen LogP contribution in [0.2, 0.25) is 0 Å². The number of nitro benzene ring substituents is 1. The van der Waals surface area contributed by atoms with E-state index in [9.17, 15) is 69.2 Å². The van der Waals surface area contributed by atoms with E-state index < -0.39 is 88.7 Å². The fraction of sp³-hybridized carbons (Fsp3) is 0.598. The first-order valence-corrected chi connectivity index (χ1v) is 46.0. The van der Waals surface area contributed by atoms with Crippen LogP contribution < -0.4 is 0 Å². The molecule has 0 atom stereocenters. The van der Waals surface area contributed by atoms with Crippen molar-refractivity contribution in [3.63, 3.8) is 0 Å². The Morgan fingerprint density at radius 1 is 0.354 bits per heavy atom. The van der Waals surface area contributed by atoms with Gasteiger partial charge in [-0.2, -0.15) is 0 Å². The van der Waals surface area contributed by atoms with Gasteiger partial charge in [-0.3, -0.25) is 29.5 Å². The Labute approximate surface area is 837 Å². The quantitative estimate of drug-likeness (QED) is 0.00285. The normalized spacial score (nSPS) is 10.7. The average Bonchev–Trinajstić information content (AvgIpc) is 0.883. The Balaban J connectivity index is -0.000000282. The van der Waals surface area contributed by atoms with Crippen molar-refractivity contribution in [1.82, 2.24) is 4.98 Å². The number of aliphatic hydroxyl groups is 5. The number of halogens is 4. The van der Waals surface area contributed by atoms with Crippen molar-refractivity contribution >= 4 is 124 Å². The van der Waals surface area contributed by atoms with Crippen LogP contribution in [0.5, 0.6) is 0 Å². The molecule has 0 amide bonds. The first-order chi connectivity index (χ1) is 58.7. The number of allylic oxidation sites excluding steroid dienone is 2. The Morgan fingerprint density at radius 2 is 0.598 bits per heavy atom. The number of aromatic nitrogens is 1. The molecule has 0 fully saturated rings. The number of nitrogens with zero attached hydrogens (tertiary/aromatic N) is 5. The maximum Gasteiger partial charge on any atom is 0.349 e. The minimum Gasteiger partial charge on any atom is -0.522 e. The Morgan fingerprint density at radius 3 is 0.890 bits per heavy atom. The molecule has 2 aromatic carbocycles. The zero-order chi connectivity index (χ0) is 91.4. The first-order valence-electron chi connectivity index (χ1n) is 43.1. The number of ether oxygens (including phenoxy) is 7. The number of hydrogen-bond acceptors (Lipinski definition) is 22. The summed E-state index contributed by atoms with van der Waals surface area (Å²) in [6, 6.07) is 16.4. The van der Waals surface area contributed by atoms with Gasteiger partial charge in [0.05, 0.1) is 76.8 Å². The zero-order valence-corrected chi connectivity index (χ0v) is 84.5. The van der Waals surface area contributed by atoms with E-state index in [0.29, 0.717) is 36.8 Å². The smallest absolute Gasteiger partial charge is 0.349 e. The number of rotatable bonds is 58. The molecule has 735 valence electrons. The summed E-state index contributed by atoms with van der Waals surface area (Å²) in [5.41, 5.74) is -1.61. The van der Waals surface area contributed by atoms with Gasteiger partial charge in [0.2, 0.25) is 0 Å². The van der Waals surface area contributed by atoms with Gasteiger partial charge in [-0.05, 0) is 69.2 Å². The molecule has 0 aliphatic rings. The molecule has 0 saturated carbocycles. The number of carbonyl (C=O) groups excluding carboxylic acids is 7. The van der Waals surface area contributed by atoms with E-state index in [1.165, 1.54) is 152 Å². The molecule has 1 heterocycles. The molecule has 1 aromatic heterocycles. The summed E-state index contributed by atoms with van der Waals surface area (Å²) in [7, 11) is 0. The summed E-state index contributed by atoms with van der Waals surface area (Å²) in [6.07, 6.45) is 45.9. The van der Waals surface area contributed by atoms with E-state index >= 15 is 0 Å². The molecule has 3 rings (SSSR count). The van der Waals surface area contributed by atoms with E-state index in [2.05, 4.69) is 95.0 Å². The number of pyridine rings is 1. The Hall–Kier alpha value is -6.22. The van der Waals surface area contributed by atoms with Gasteiger partial charge in [0, 0.05) is 127 Å². The molecule has 0 spiro atoms. The van der Waals surface area contributed by atoms with Crippen molar-refractivity contribution in [3.8, 4) is 0 Å². The van der Waals surface area contributed by atoms with E-state index in [1.54, 1.807) is 30.3 Å². The van der Waals surface area contributed by atoms with Gasteiger partial charge < -0.3 is 58.7 Å². The van der Waals surface area contributed by atoms with Crippen LogP contribution in [0.4, 0.5) is 5.69 Å². The zero-order valence-electron chi connectivity index (χ0n) is 74.3. The summed E-state index contributed by atoms with van der Waals surface area (Å²) < 4.78 is 34.0. The second-order valence-corrected chi connectivity index (χ2v) is 35.3. The van der Waals surface area contributed by atoms with Gasteiger partial charge in [0.15, 0.2) is 19.0 Å². The molecular formula is C92H133Br3ClCu5N5O21. The molecule has 0 saturated heterocycles. The second-order valence-electron chi connectivity index (χ2n) is 28.3. The van der Waals surface area contributed by atoms with Gasteiger partial charge >= 0.3 is 58.9 Å². The maximum absolute atomic E-state index is 12.2. The molecule has 0 aliphatic carbocycles. The SMILES string of the molecule is CCCCCCOC(=O)C(C(=O)OCCCCCC)=C(O)C(Br)(Br)Br.CCCCOC(=O)C(C(=O)OCCCC)=C(O)c1ccc([N+](=O)[O-])cc1.[C-]#[N+]C(C(=O)OCCCCC)=C(O)c1ccncc1.[C-]#[N+]C(C(=O)OCCCCCCCCCCCCCC)=C(O)CCl.[C-]#[N+]C(C(=O)OCCCCCCCCCCCCCC)=C(O)c1ccccc1.[Cu].[Cu].[Cu].[Cu].[Cu]. The molecule has 5 N–H and O–H groups in total. The molecule has 26 nitrogen and oxygen atoms in total. The van der Waals surface area contributed by atoms with Crippen LogP contribution in [0.15, 0.2) is 119 Å². The van der Waals surface area contributed by atoms with E-state index in [0.717, 1.165) is 121 Å². The van der Waals surface area contributed by atoms with Crippen LogP contribution in [0.1, 0.15) is 316 Å². The van der Waals surface area contributed by atoms with Crippen LogP contribution in [-0.4, -0.2) is 131 Å². The van der Waals surface area contributed by atoms with Crippen molar-refractivity contribution in [2.45, 2.75) is 301 Å². The van der Waals surface area contributed by atoms with Gasteiger partial charge in [-0.1, -0.05) is 332 Å². The van der Waals surface area contributed by atoms with Crippen molar-refractivity contribution in [1.29, 1.82) is 0 Å². The van der Waals surface area contributed by atoms with Crippen LogP contribution in [0.3, 0.4) is 0 Å². The fourth-order valence-electron chi connectivity index (χ4n) is 10.9. The van der Waals surface area contributed by atoms with Gasteiger partial charge in [-0.15, -0.1) is 11.6 Å². The van der Waals surface area contributed by atoms with Crippen molar-refractivity contribution in [2.24, 2.45) is 0 Å². The van der Waals surface area contributed by atoms with E-state index in [1.807, 2.05) is 20.8 Å². The van der Waals surface area contributed by atoms with Gasteiger partial charge in [-0.25, -0.2) is 33.7 Å². The second kappa shape index (κ2) is 90.3. The van der Waals surface area contributed by atoms with Crippen molar-refractivity contribution < 1.29 is 183 Å².